The molecule has 0 aliphatic carbocycles. The van der Waals surface area contributed by atoms with Crippen molar-refractivity contribution in [3.8, 4) is 5.69 Å². The predicted molar refractivity (Wildman–Crippen MR) is 110 cm³/mol. The van der Waals surface area contributed by atoms with Crippen LogP contribution in [0.1, 0.15) is 16.2 Å². The molecule has 4 aromatic rings. The first-order chi connectivity index (χ1) is 14.0. The topological polar surface area (TPSA) is 103 Å². The maximum Gasteiger partial charge on any atom is 0.337 e. The molecule has 2 aromatic heterocycles. The Kier molecular flexibility index (Phi) is 5.32. The SMILES string of the molecule is COC(=O)c1ccc2c(=O)[nH]c(CSc3nncn3-c3cccc(Cl)c3)nc2c1. The molecule has 0 aliphatic heterocycles. The number of aromatic nitrogens is 5. The van der Waals surface area contributed by atoms with Gasteiger partial charge in [0.05, 0.1) is 35.0 Å². The Morgan fingerprint density at radius 3 is 2.93 bits per heavy atom. The van der Waals surface area contributed by atoms with Gasteiger partial charge >= 0.3 is 5.97 Å². The number of methoxy groups -OCH3 is 1. The first kappa shape index (κ1) is 19.2. The van der Waals surface area contributed by atoms with Crippen LogP contribution in [0.5, 0.6) is 0 Å². The number of carbonyl (C=O) groups excluding carboxylic acids is 1. The predicted octanol–water partition coefficient (Wildman–Crippen LogP) is 3.24. The van der Waals surface area contributed by atoms with Gasteiger partial charge in [-0.05, 0) is 36.4 Å². The summed E-state index contributed by atoms with van der Waals surface area (Å²) in [6, 6.07) is 12.0. The first-order valence-corrected chi connectivity index (χ1v) is 9.81. The van der Waals surface area contributed by atoms with Crippen LogP contribution >= 0.6 is 23.4 Å². The van der Waals surface area contributed by atoms with Gasteiger partial charge < -0.3 is 9.72 Å². The largest absolute Gasteiger partial charge is 0.465 e. The van der Waals surface area contributed by atoms with E-state index in [1.807, 2.05) is 12.1 Å². The third-order valence-corrected chi connectivity index (χ3v) is 5.31. The molecule has 2 aromatic carbocycles. The van der Waals surface area contributed by atoms with Crippen molar-refractivity contribution >= 4 is 40.2 Å². The van der Waals surface area contributed by atoms with Gasteiger partial charge in [0.1, 0.15) is 12.2 Å². The van der Waals surface area contributed by atoms with Crippen molar-refractivity contribution in [3.63, 3.8) is 0 Å². The Morgan fingerprint density at radius 1 is 1.28 bits per heavy atom. The van der Waals surface area contributed by atoms with E-state index in [1.54, 1.807) is 35.2 Å². The van der Waals surface area contributed by atoms with Crippen LogP contribution in [0, 0.1) is 0 Å². The van der Waals surface area contributed by atoms with E-state index in [1.165, 1.54) is 24.9 Å². The molecular weight excluding hydrogens is 414 g/mol. The van der Waals surface area contributed by atoms with Gasteiger partial charge in [0.25, 0.3) is 5.56 Å². The van der Waals surface area contributed by atoms with Crippen molar-refractivity contribution in [2.75, 3.05) is 7.11 Å². The number of benzene rings is 2. The van der Waals surface area contributed by atoms with Crippen molar-refractivity contribution in [3.05, 3.63) is 75.6 Å². The van der Waals surface area contributed by atoms with Gasteiger partial charge in [-0.25, -0.2) is 9.78 Å². The summed E-state index contributed by atoms with van der Waals surface area (Å²) >= 11 is 7.42. The Bertz CT molecular complexity index is 1270. The molecule has 29 heavy (non-hydrogen) atoms. The fourth-order valence-corrected chi connectivity index (χ4v) is 3.74. The van der Waals surface area contributed by atoms with Crippen molar-refractivity contribution in [2.24, 2.45) is 0 Å². The van der Waals surface area contributed by atoms with Crippen LogP contribution in [0.25, 0.3) is 16.6 Å². The standard InChI is InChI=1S/C19H14ClN5O3S/c1-28-18(27)11-5-6-14-15(7-11)22-16(23-17(14)26)9-29-19-24-21-10-25(19)13-4-2-3-12(20)8-13/h2-8,10H,9H2,1H3,(H,22,23,26). The molecule has 0 fully saturated rings. The molecule has 4 rings (SSSR count). The number of thioether (sulfide) groups is 1. The molecule has 2 heterocycles. The monoisotopic (exact) mass is 427 g/mol. The number of fused-ring (bicyclic) bond motifs is 1. The third-order valence-electron chi connectivity index (χ3n) is 4.12. The number of carbonyl (C=O) groups is 1. The number of aromatic amines is 1. The summed E-state index contributed by atoms with van der Waals surface area (Å²) in [4.78, 5) is 31.3. The van der Waals surface area contributed by atoms with Crippen LogP contribution < -0.4 is 5.56 Å². The van der Waals surface area contributed by atoms with E-state index in [0.29, 0.717) is 38.2 Å². The van der Waals surface area contributed by atoms with Crippen molar-refractivity contribution in [2.45, 2.75) is 10.9 Å². The normalized spacial score (nSPS) is 11.0. The zero-order valence-corrected chi connectivity index (χ0v) is 16.7. The van der Waals surface area contributed by atoms with Crippen LogP contribution in [0.15, 0.2) is 58.7 Å². The lowest BCUT2D eigenvalue weighted by Gasteiger charge is -2.07. The Morgan fingerprint density at radius 2 is 2.14 bits per heavy atom. The highest BCUT2D eigenvalue weighted by molar-refractivity contribution is 7.98. The first-order valence-electron chi connectivity index (χ1n) is 8.45. The Hall–Kier alpha value is -3.17. The summed E-state index contributed by atoms with van der Waals surface area (Å²) in [5.74, 6) is 0.321. The minimum absolute atomic E-state index is 0.279. The lowest BCUT2D eigenvalue weighted by Crippen LogP contribution is -2.12. The van der Waals surface area contributed by atoms with Gasteiger partial charge in [-0.1, -0.05) is 29.4 Å². The molecule has 1 N–H and O–H groups in total. The number of nitrogens with one attached hydrogen (secondary N) is 1. The molecular formula is C19H14ClN5O3S. The zero-order chi connectivity index (χ0) is 20.4. The van der Waals surface area contributed by atoms with Gasteiger partial charge in [-0.3, -0.25) is 9.36 Å². The Labute approximate surface area is 173 Å². The number of hydrogen-bond acceptors (Lipinski definition) is 7. The smallest absolute Gasteiger partial charge is 0.337 e. The second-order valence-electron chi connectivity index (χ2n) is 5.99. The minimum atomic E-state index is -0.487. The van der Waals surface area contributed by atoms with Crippen LogP contribution in [0.3, 0.4) is 0 Å². The maximum absolute atomic E-state index is 12.4. The summed E-state index contributed by atoms with van der Waals surface area (Å²) in [7, 11) is 1.30. The van der Waals surface area contributed by atoms with E-state index in [4.69, 9.17) is 16.3 Å². The van der Waals surface area contributed by atoms with E-state index in [-0.39, 0.29) is 5.56 Å². The van der Waals surface area contributed by atoms with Crippen LogP contribution in [-0.2, 0) is 10.5 Å². The van der Waals surface area contributed by atoms with Crippen molar-refractivity contribution in [1.82, 2.24) is 24.7 Å². The highest BCUT2D eigenvalue weighted by atomic mass is 35.5. The number of esters is 1. The lowest BCUT2D eigenvalue weighted by atomic mass is 10.1. The molecule has 0 saturated heterocycles. The average molecular weight is 428 g/mol. The molecule has 10 heteroatoms. The van der Waals surface area contributed by atoms with Crippen LogP contribution in [0.2, 0.25) is 5.02 Å². The number of hydrogen-bond donors (Lipinski definition) is 1. The number of H-pyrrole nitrogens is 1. The molecule has 0 unspecified atom stereocenters. The van der Waals surface area contributed by atoms with Gasteiger partial charge in [0, 0.05) is 5.02 Å². The zero-order valence-electron chi connectivity index (χ0n) is 15.1. The molecule has 0 saturated carbocycles. The van der Waals surface area contributed by atoms with Gasteiger partial charge in [-0.2, -0.15) is 0 Å². The fraction of sp³-hybridized carbons (Fsp3) is 0.105. The lowest BCUT2D eigenvalue weighted by molar-refractivity contribution is 0.0601. The average Bonchev–Trinajstić information content (AvgIpc) is 3.20. The van der Waals surface area contributed by atoms with Crippen molar-refractivity contribution in [1.29, 1.82) is 0 Å². The Balaban J connectivity index is 1.62. The molecule has 0 atom stereocenters. The third kappa shape index (κ3) is 4.01. The molecule has 0 bridgehead atoms. The quantitative estimate of drug-likeness (QED) is 0.385. The fourth-order valence-electron chi connectivity index (χ4n) is 2.76. The van der Waals surface area contributed by atoms with E-state index >= 15 is 0 Å². The molecule has 0 spiro atoms. The highest BCUT2D eigenvalue weighted by Crippen LogP contribution is 2.24. The summed E-state index contributed by atoms with van der Waals surface area (Å²) in [6.45, 7) is 0. The van der Waals surface area contributed by atoms with Crippen LogP contribution in [0.4, 0.5) is 0 Å². The minimum Gasteiger partial charge on any atom is -0.465 e. The number of nitrogens with zero attached hydrogens (tertiary/aromatic N) is 4. The summed E-state index contributed by atoms with van der Waals surface area (Å²) in [5, 5.41) is 9.70. The maximum atomic E-state index is 12.4. The van der Waals surface area contributed by atoms with Gasteiger partial charge in [0.15, 0.2) is 5.16 Å². The van der Waals surface area contributed by atoms with Gasteiger partial charge in [0.2, 0.25) is 0 Å². The number of halogens is 1. The summed E-state index contributed by atoms with van der Waals surface area (Å²) < 4.78 is 6.52. The number of rotatable bonds is 5. The number of ether oxygens (including phenoxy) is 1. The van der Waals surface area contributed by atoms with Crippen molar-refractivity contribution < 1.29 is 9.53 Å². The van der Waals surface area contributed by atoms with E-state index in [9.17, 15) is 9.59 Å². The van der Waals surface area contributed by atoms with E-state index in [2.05, 4.69) is 20.2 Å². The molecule has 8 nitrogen and oxygen atoms in total. The van der Waals surface area contributed by atoms with E-state index < -0.39 is 5.97 Å². The second-order valence-corrected chi connectivity index (χ2v) is 7.37. The molecule has 0 amide bonds. The molecule has 0 aliphatic rings. The highest BCUT2D eigenvalue weighted by Gasteiger charge is 2.12. The van der Waals surface area contributed by atoms with E-state index in [0.717, 1.165) is 5.69 Å². The van der Waals surface area contributed by atoms with Crippen LogP contribution in [-0.4, -0.2) is 37.8 Å². The summed E-state index contributed by atoms with van der Waals surface area (Å²) in [5.41, 5.74) is 1.30. The molecule has 0 radical (unpaired) electrons. The van der Waals surface area contributed by atoms with Gasteiger partial charge in [-0.15, -0.1) is 10.2 Å². The summed E-state index contributed by atoms with van der Waals surface area (Å²) in [6.07, 6.45) is 1.59. The second kappa shape index (κ2) is 8.06. The molecule has 146 valence electrons.